The van der Waals surface area contributed by atoms with E-state index < -0.39 is 0 Å². The number of nitrogens with zero attached hydrogens (tertiary/aromatic N) is 1. The molecule has 1 N–H and O–H groups in total. The molecule has 2 rings (SSSR count). The van der Waals surface area contributed by atoms with Gasteiger partial charge in [0.25, 0.3) is 0 Å². The molecule has 2 heterocycles. The van der Waals surface area contributed by atoms with Crippen LogP contribution in [0.5, 0.6) is 0 Å². The number of carbonyl (C=O) groups excluding carboxylic acids is 1. The van der Waals surface area contributed by atoms with Crippen molar-refractivity contribution in [3.8, 4) is 0 Å². The molecular formula is C13H19BrN2O2S. The second kappa shape index (κ2) is 6.83. The largest absolute Gasteiger partial charge is 0.465 e. The first-order valence-corrected chi connectivity index (χ1v) is 8.17. The Morgan fingerprint density at radius 2 is 2.53 bits per heavy atom. The molecule has 1 aromatic heterocycles. The first kappa shape index (κ1) is 15.0. The maximum Gasteiger partial charge on any atom is 0.324 e. The van der Waals surface area contributed by atoms with Crippen molar-refractivity contribution in [3.63, 3.8) is 0 Å². The smallest absolute Gasteiger partial charge is 0.324 e. The van der Waals surface area contributed by atoms with E-state index in [1.165, 1.54) is 4.88 Å². The summed E-state index contributed by atoms with van der Waals surface area (Å²) in [6, 6.07) is 2.16. The summed E-state index contributed by atoms with van der Waals surface area (Å²) < 4.78 is 6.28. The highest BCUT2D eigenvalue weighted by Crippen LogP contribution is 2.31. The fourth-order valence-electron chi connectivity index (χ4n) is 2.35. The van der Waals surface area contributed by atoms with Gasteiger partial charge in [0.15, 0.2) is 0 Å². The van der Waals surface area contributed by atoms with Crippen molar-refractivity contribution in [2.45, 2.75) is 25.9 Å². The van der Waals surface area contributed by atoms with Crippen molar-refractivity contribution in [1.29, 1.82) is 0 Å². The van der Waals surface area contributed by atoms with E-state index in [1.807, 2.05) is 6.92 Å². The zero-order chi connectivity index (χ0) is 13.8. The lowest BCUT2D eigenvalue weighted by Crippen LogP contribution is -2.55. The fourth-order valence-corrected chi connectivity index (χ4v) is 3.87. The average Bonchev–Trinajstić information content (AvgIpc) is 2.85. The van der Waals surface area contributed by atoms with Crippen LogP contribution in [0.25, 0.3) is 0 Å². The van der Waals surface area contributed by atoms with Crippen molar-refractivity contribution in [3.05, 3.63) is 20.8 Å². The molecular weight excluding hydrogens is 328 g/mol. The molecule has 1 aromatic rings. The molecule has 1 saturated heterocycles. The zero-order valence-electron chi connectivity index (χ0n) is 11.2. The number of nitrogens with one attached hydrogen (secondary N) is 1. The number of rotatable bonds is 4. The van der Waals surface area contributed by atoms with Gasteiger partial charge >= 0.3 is 5.97 Å². The van der Waals surface area contributed by atoms with Gasteiger partial charge < -0.3 is 10.1 Å². The van der Waals surface area contributed by atoms with Gasteiger partial charge in [-0.15, -0.1) is 11.3 Å². The lowest BCUT2D eigenvalue weighted by Gasteiger charge is -2.38. The summed E-state index contributed by atoms with van der Waals surface area (Å²) >= 11 is 5.20. The number of ether oxygens (including phenoxy) is 1. The van der Waals surface area contributed by atoms with E-state index in [0.29, 0.717) is 13.2 Å². The average molecular weight is 347 g/mol. The number of hydrogen-bond donors (Lipinski definition) is 1. The molecule has 6 heteroatoms. The van der Waals surface area contributed by atoms with Crippen LogP contribution >= 0.6 is 27.3 Å². The second-order valence-corrected chi connectivity index (χ2v) is 6.41. The number of thiophene rings is 1. The number of carbonyl (C=O) groups is 1. The van der Waals surface area contributed by atoms with Crippen molar-refractivity contribution in [1.82, 2.24) is 10.2 Å². The van der Waals surface area contributed by atoms with Crippen molar-refractivity contribution >= 4 is 33.2 Å². The van der Waals surface area contributed by atoms with E-state index in [1.54, 1.807) is 11.3 Å². The van der Waals surface area contributed by atoms with Crippen LogP contribution < -0.4 is 5.32 Å². The van der Waals surface area contributed by atoms with Crippen molar-refractivity contribution in [2.24, 2.45) is 0 Å². The van der Waals surface area contributed by atoms with Crippen LogP contribution in [0.2, 0.25) is 0 Å². The minimum atomic E-state index is -0.190. The van der Waals surface area contributed by atoms with E-state index in [0.717, 1.165) is 17.6 Å². The molecule has 0 aliphatic carbocycles. The maximum absolute atomic E-state index is 12.0. The molecule has 2 unspecified atom stereocenters. The number of halogens is 1. The van der Waals surface area contributed by atoms with Crippen LogP contribution in [0.4, 0.5) is 0 Å². The third kappa shape index (κ3) is 3.56. The lowest BCUT2D eigenvalue weighted by atomic mass is 10.1. The molecule has 0 amide bonds. The Labute approximate surface area is 126 Å². The summed E-state index contributed by atoms with van der Waals surface area (Å²) in [4.78, 5) is 15.5. The molecule has 19 heavy (non-hydrogen) atoms. The first-order valence-electron chi connectivity index (χ1n) is 6.50. The Kier molecular flexibility index (Phi) is 5.38. The highest BCUT2D eigenvalue weighted by Gasteiger charge is 2.33. The van der Waals surface area contributed by atoms with Gasteiger partial charge in [0, 0.05) is 40.4 Å². The van der Waals surface area contributed by atoms with Gasteiger partial charge in [-0.3, -0.25) is 9.69 Å². The minimum absolute atomic E-state index is 0.128. The highest BCUT2D eigenvalue weighted by molar-refractivity contribution is 9.10. The molecule has 2 atom stereocenters. The summed E-state index contributed by atoms with van der Waals surface area (Å²) in [7, 11) is 0. The van der Waals surface area contributed by atoms with Gasteiger partial charge in [-0.25, -0.2) is 0 Å². The zero-order valence-corrected chi connectivity index (χ0v) is 13.6. The number of piperazine rings is 1. The van der Waals surface area contributed by atoms with Crippen molar-refractivity contribution < 1.29 is 9.53 Å². The summed E-state index contributed by atoms with van der Waals surface area (Å²) in [5, 5.41) is 5.34. The molecule has 0 radical (unpaired) electrons. The van der Waals surface area contributed by atoms with Gasteiger partial charge in [-0.2, -0.15) is 0 Å². The molecule has 1 aliphatic rings. The predicted molar refractivity (Wildman–Crippen MR) is 80.4 cm³/mol. The van der Waals surface area contributed by atoms with E-state index in [2.05, 4.69) is 44.5 Å². The Bertz CT molecular complexity index is 438. The molecule has 106 valence electrons. The van der Waals surface area contributed by atoms with Gasteiger partial charge in [0.2, 0.25) is 0 Å². The molecule has 4 nitrogen and oxygen atoms in total. The van der Waals surface area contributed by atoms with Gasteiger partial charge in [0.1, 0.15) is 6.04 Å². The van der Waals surface area contributed by atoms with Gasteiger partial charge in [0.05, 0.1) is 6.61 Å². The minimum Gasteiger partial charge on any atom is -0.465 e. The monoisotopic (exact) mass is 346 g/mol. The lowest BCUT2D eigenvalue weighted by molar-refractivity contribution is -0.151. The Morgan fingerprint density at radius 3 is 3.16 bits per heavy atom. The summed E-state index contributed by atoms with van der Waals surface area (Å²) in [6.07, 6.45) is 0. The van der Waals surface area contributed by atoms with E-state index in [9.17, 15) is 4.79 Å². The molecule has 0 saturated carbocycles. The van der Waals surface area contributed by atoms with E-state index in [-0.39, 0.29) is 18.1 Å². The Morgan fingerprint density at radius 1 is 1.74 bits per heavy atom. The fraction of sp³-hybridized carbons (Fsp3) is 0.615. The topological polar surface area (TPSA) is 41.6 Å². The Hall–Kier alpha value is -0.430. The standard InChI is InChI=1S/C13H19BrN2O2S/c1-3-18-13(17)11-7-15-4-5-16(11)9(2)12-6-10(14)8-19-12/h6,8-9,11,15H,3-5,7H2,1-2H3. The van der Waals surface area contributed by atoms with Crippen LogP contribution in [0.15, 0.2) is 15.9 Å². The van der Waals surface area contributed by atoms with Crippen LogP contribution in [-0.2, 0) is 9.53 Å². The third-order valence-electron chi connectivity index (χ3n) is 3.34. The summed E-state index contributed by atoms with van der Waals surface area (Å²) in [6.45, 7) is 6.86. The highest BCUT2D eigenvalue weighted by atomic mass is 79.9. The SMILES string of the molecule is CCOC(=O)C1CNCCN1C(C)c1cc(Br)cs1. The van der Waals surface area contributed by atoms with Crippen LogP contribution in [-0.4, -0.2) is 43.2 Å². The quantitative estimate of drug-likeness (QED) is 0.850. The molecule has 0 bridgehead atoms. The van der Waals surface area contributed by atoms with E-state index in [4.69, 9.17) is 4.74 Å². The Balaban J connectivity index is 2.12. The van der Waals surface area contributed by atoms with Gasteiger partial charge in [-0.05, 0) is 35.8 Å². The molecule has 1 aliphatic heterocycles. The number of esters is 1. The van der Waals surface area contributed by atoms with Crippen LogP contribution in [0, 0.1) is 0 Å². The maximum atomic E-state index is 12.0. The third-order valence-corrected chi connectivity index (χ3v) is 5.20. The second-order valence-electron chi connectivity index (χ2n) is 4.55. The molecule has 0 aromatic carbocycles. The van der Waals surface area contributed by atoms with Crippen LogP contribution in [0.1, 0.15) is 24.8 Å². The van der Waals surface area contributed by atoms with Crippen molar-refractivity contribution in [2.75, 3.05) is 26.2 Å². The summed E-state index contributed by atoms with van der Waals surface area (Å²) in [5.41, 5.74) is 0. The molecule has 0 spiro atoms. The van der Waals surface area contributed by atoms with E-state index >= 15 is 0 Å². The summed E-state index contributed by atoms with van der Waals surface area (Å²) in [5.74, 6) is -0.128. The first-order chi connectivity index (χ1) is 9.13. The molecule has 1 fully saturated rings. The van der Waals surface area contributed by atoms with Crippen LogP contribution in [0.3, 0.4) is 0 Å². The predicted octanol–water partition coefficient (Wildman–Crippen LogP) is 2.41. The normalized spacial score (nSPS) is 22.2. The number of hydrogen-bond acceptors (Lipinski definition) is 5. The van der Waals surface area contributed by atoms with Gasteiger partial charge in [-0.1, -0.05) is 0 Å².